The van der Waals surface area contributed by atoms with Crippen LogP contribution in [0, 0.1) is 12.8 Å². The van der Waals surface area contributed by atoms with Crippen molar-refractivity contribution in [2.75, 3.05) is 20.2 Å². The second kappa shape index (κ2) is 9.19. The molecule has 0 radical (unpaired) electrons. The van der Waals surface area contributed by atoms with E-state index in [-0.39, 0.29) is 24.7 Å². The van der Waals surface area contributed by atoms with Crippen molar-refractivity contribution in [1.29, 1.82) is 0 Å². The molecule has 2 aromatic rings. The molecule has 1 aromatic heterocycles. The summed E-state index contributed by atoms with van der Waals surface area (Å²) in [4.78, 5) is 26.0. The number of benzene rings is 1. The third kappa shape index (κ3) is 4.80. The van der Waals surface area contributed by atoms with Crippen LogP contribution in [0.25, 0.3) is 0 Å². The minimum Gasteiger partial charge on any atom is -0.495 e. The van der Waals surface area contributed by atoms with Gasteiger partial charge in [-0.25, -0.2) is 0 Å². The van der Waals surface area contributed by atoms with Crippen molar-refractivity contribution in [3.05, 3.63) is 45.2 Å². The largest absolute Gasteiger partial charge is 0.495 e. The van der Waals surface area contributed by atoms with Crippen molar-refractivity contribution >= 4 is 35.1 Å². The molecule has 2 unspecified atom stereocenters. The number of carboxylic acids is 1. The van der Waals surface area contributed by atoms with Crippen molar-refractivity contribution in [3.63, 3.8) is 0 Å². The highest BCUT2D eigenvalue weighted by molar-refractivity contribution is 6.32. The van der Waals surface area contributed by atoms with Crippen molar-refractivity contribution in [3.8, 4) is 5.75 Å². The molecule has 0 saturated carbocycles. The van der Waals surface area contributed by atoms with E-state index in [9.17, 15) is 27.9 Å². The van der Waals surface area contributed by atoms with E-state index in [4.69, 9.17) is 27.9 Å². The van der Waals surface area contributed by atoms with Crippen LogP contribution in [-0.2, 0) is 22.3 Å². The van der Waals surface area contributed by atoms with Crippen LogP contribution >= 0.6 is 23.2 Å². The number of rotatable bonds is 5. The van der Waals surface area contributed by atoms with Gasteiger partial charge < -0.3 is 14.7 Å². The van der Waals surface area contributed by atoms with Crippen LogP contribution in [0.15, 0.2) is 18.2 Å². The Hall–Kier alpha value is -2.46. The van der Waals surface area contributed by atoms with Crippen LogP contribution in [0.3, 0.4) is 0 Å². The molecule has 0 aliphatic carbocycles. The van der Waals surface area contributed by atoms with Gasteiger partial charge in [0.1, 0.15) is 12.3 Å². The average molecular weight is 494 g/mol. The van der Waals surface area contributed by atoms with Crippen LogP contribution in [0.1, 0.15) is 29.3 Å². The lowest BCUT2D eigenvalue weighted by Gasteiger charge is -2.37. The van der Waals surface area contributed by atoms with E-state index >= 15 is 0 Å². The predicted octanol–water partition coefficient (Wildman–Crippen LogP) is 4.24. The summed E-state index contributed by atoms with van der Waals surface area (Å²) in [6, 6.07) is 5.01. The molecular weight excluding hydrogens is 474 g/mol. The first kappa shape index (κ1) is 24.2. The van der Waals surface area contributed by atoms with E-state index in [1.165, 1.54) is 18.9 Å². The summed E-state index contributed by atoms with van der Waals surface area (Å²) in [7, 11) is 1.45. The number of amides is 1. The van der Waals surface area contributed by atoms with Gasteiger partial charge in [-0.3, -0.25) is 14.3 Å². The number of ether oxygens (including phenoxy) is 1. The lowest BCUT2D eigenvalue weighted by Crippen LogP contribution is -2.46. The zero-order chi connectivity index (χ0) is 23.8. The molecule has 1 fully saturated rings. The Bertz CT molecular complexity index is 1040. The molecule has 1 aliphatic heterocycles. The fourth-order valence-corrected chi connectivity index (χ4v) is 4.26. The van der Waals surface area contributed by atoms with E-state index in [0.717, 1.165) is 10.2 Å². The summed E-state index contributed by atoms with van der Waals surface area (Å²) in [6.45, 7) is 0.994. The third-order valence-corrected chi connectivity index (χ3v) is 6.34. The molecule has 1 aliphatic rings. The van der Waals surface area contributed by atoms with Gasteiger partial charge in [-0.1, -0.05) is 29.3 Å². The van der Waals surface area contributed by atoms with Gasteiger partial charge in [-0.15, -0.1) is 0 Å². The maximum Gasteiger partial charge on any atom is 0.436 e. The Balaban J connectivity index is 1.78. The zero-order valence-electron chi connectivity index (χ0n) is 17.1. The molecule has 1 N–H and O–H groups in total. The molecule has 0 bridgehead atoms. The van der Waals surface area contributed by atoms with Crippen LogP contribution in [0.2, 0.25) is 10.0 Å². The predicted molar refractivity (Wildman–Crippen MR) is 110 cm³/mol. The summed E-state index contributed by atoms with van der Waals surface area (Å²) in [6.07, 6.45) is -4.40. The summed E-state index contributed by atoms with van der Waals surface area (Å²) in [5.41, 5.74) is -0.538. The first-order valence-electron chi connectivity index (χ1n) is 9.58. The Labute approximate surface area is 191 Å². The summed E-state index contributed by atoms with van der Waals surface area (Å²) < 4.78 is 45.1. The number of carbonyl (C=O) groups excluding carboxylic acids is 1. The first-order chi connectivity index (χ1) is 14.9. The van der Waals surface area contributed by atoms with Crippen molar-refractivity contribution in [1.82, 2.24) is 14.7 Å². The van der Waals surface area contributed by atoms with Crippen LogP contribution < -0.4 is 4.74 Å². The summed E-state index contributed by atoms with van der Waals surface area (Å²) >= 11 is 11.8. The number of aromatic nitrogens is 2. The third-order valence-electron chi connectivity index (χ3n) is 5.57. The van der Waals surface area contributed by atoms with Crippen LogP contribution in [0.4, 0.5) is 13.2 Å². The van der Waals surface area contributed by atoms with E-state index in [1.807, 2.05) is 0 Å². The quantitative estimate of drug-likeness (QED) is 0.673. The second-order valence-electron chi connectivity index (χ2n) is 7.48. The summed E-state index contributed by atoms with van der Waals surface area (Å²) in [5.74, 6) is -2.51. The Kier molecular flexibility index (Phi) is 6.94. The molecule has 1 amide bonds. The SMILES string of the molecule is COc1cc(C2CCN(C(=O)Cn3nc(C(F)(F)F)c(Cl)c3C)CC2C(=O)O)ccc1Cl. The van der Waals surface area contributed by atoms with Gasteiger partial charge >= 0.3 is 12.1 Å². The molecule has 2 heterocycles. The second-order valence-corrected chi connectivity index (χ2v) is 8.26. The molecular formula is C20H20Cl2F3N3O4. The molecule has 2 atom stereocenters. The van der Waals surface area contributed by atoms with Gasteiger partial charge in [0.05, 0.1) is 28.8 Å². The number of carboxylic acid groups (broad SMARTS) is 1. The molecule has 3 rings (SSSR count). The number of alkyl halides is 3. The minimum atomic E-state index is -4.75. The smallest absolute Gasteiger partial charge is 0.436 e. The monoisotopic (exact) mass is 493 g/mol. The molecule has 12 heteroatoms. The van der Waals surface area contributed by atoms with Gasteiger partial charge in [0, 0.05) is 19.0 Å². The Morgan fingerprint density at radius 1 is 1.31 bits per heavy atom. The highest BCUT2D eigenvalue weighted by atomic mass is 35.5. The Morgan fingerprint density at radius 2 is 2.00 bits per heavy atom. The standard InChI is InChI=1S/C20H20Cl2F3N3O4/c1-10-17(22)18(20(23,24)25)26-28(10)9-16(29)27-6-5-12(13(8-27)19(30)31)11-3-4-14(21)15(7-11)32-2/h3-4,7,12-13H,5-6,8-9H2,1-2H3,(H,30,31). The van der Waals surface area contributed by atoms with Crippen LogP contribution in [-0.4, -0.2) is 51.9 Å². The number of likely N-dealkylation sites (tertiary alicyclic amines) is 1. The number of aliphatic carboxylic acids is 1. The van der Waals surface area contributed by atoms with Gasteiger partial charge in [-0.2, -0.15) is 18.3 Å². The topological polar surface area (TPSA) is 84.7 Å². The van der Waals surface area contributed by atoms with E-state index < -0.39 is 41.2 Å². The van der Waals surface area contributed by atoms with Crippen molar-refractivity contribution in [2.24, 2.45) is 5.92 Å². The molecule has 32 heavy (non-hydrogen) atoms. The summed E-state index contributed by atoms with van der Waals surface area (Å²) in [5, 5.41) is 13.0. The first-order valence-corrected chi connectivity index (χ1v) is 10.3. The highest BCUT2D eigenvalue weighted by Crippen LogP contribution is 2.38. The normalized spacial score (nSPS) is 19.2. The van der Waals surface area contributed by atoms with E-state index in [2.05, 4.69) is 5.10 Å². The number of halogens is 5. The number of carbonyl (C=O) groups is 2. The average Bonchev–Trinajstić information content (AvgIpc) is 3.02. The number of nitrogens with zero attached hydrogens (tertiary/aromatic N) is 3. The number of methoxy groups -OCH3 is 1. The lowest BCUT2D eigenvalue weighted by atomic mass is 9.80. The lowest BCUT2D eigenvalue weighted by molar-refractivity contribution is -0.147. The van der Waals surface area contributed by atoms with Crippen molar-refractivity contribution in [2.45, 2.75) is 32.0 Å². The van der Waals surface area contributed by atoms with E-state index in [0.29, 0.717) is 17.2 Å². The van der Waals surface area contributed by atoms with Gasteiger partial charge in [0.25, 0.3) is 0 Å². The molecule has 7 nitrogen and oxygen atoms in total. The molecule has 0 spiro atoms. The molecule has 1 aromatic carbocycles. The zero-order valence-corrected chi connectivity index (χ0v) is 18.6. The number of hydrogen-bond acceptors (Lipinski definition) is 4. The van der Waals surface area contributed by atoms with E-state index in [1.54, 1.807) is 18.2 Å². The Morgan fingerprint density at radius 3 is 2.56 bits per heavy atom. The number of hydrogen-bond donors (Lipinski definition) is 1. The van der Waals surface area contributed by atoms with Crippen molar-refractivity contribution < 1.29 is 32.6 Å². The van der Waals surface area contributed by atoms with Gasteiger partial charge in [0.15, 0.2) is 5.69 Å². The maximum atomic E-state index is 13.0. The van der Waals surface area contributed by atoms with Gasteiger partial charge in [-0.05, 0) is 31.0 Å². The molecule has 174 valence electrons. The fourth-order valence-electron chi connectivity index (χ4n) is 3.82. The molecule has 1 saturated heterocycles. The van der Waals surface area contributed by atoms with Crippen LogP contribution in [0.5, 0.6) is 5.75 Å². The highest BCUT2D eigenvalue weighted by Gasteiger charge is 2.40. The number of piperidine rings is 1. The fraction of sp³-hybridized carbons (Fsp3) is 0.450. The minimum absolute atomic E-state index is 0.00488. The maximum absolute atomic E-state index is 13.0. The van der Waals surface area contributed by atoms with Gasteiger partial charge in [0.2, 0.25) is 5.91 Å².